The van der Waals surface area contributed by atoms with Gasteiger partial charge in [0.1, 0.15) is 0 Å². The van der Waals surface area contributed by atoms with Crippen molar-refractivity contribution in [1.82, 2.24) is 9.88 Å². The molecule has 0 aliphatic carbocycles. The van der Waals surface area contributed by atoms with E-state index in [4.69, 9.17) is 0 Å². The van der Waals surface area contributed by atoms with Crippen molar-refractivity contribution in [1.29, 1.82) is 0 Å². The van der Waals surface area contributed by atoms with E-state index in [9.17, 15) is 9.59 Å². The summed E-state index contributed by atoms with van der Waals surface area (Å²) in [6.45, 7) is 5.46. The first-order valence-electron chi connectivity index (χ1n) is 10.4. The minimum atomic E-state index is -0.212. The molecule has 2 amide bonds. The number of hydrogen-bond acceptors (Lipinski definition) is 4. The fourth-order valence-corrected chi connectivity index (χ4v) is 4.52. The number of hydrogen-bond donors (Lipinski definition) is 1. The number of thiazole rings is 1. The summed E-state index contributed by atoms with van der Waals surface area (Å²) in [4.78, 5) is 32.5. The van der Waals surface area contributed by atoms with E-state index in [0.29, 0.717) is 36.1 Å². The lowest BCUT2D eigenvalue weighted by Gasteiger charge is -2.26. The summed E-state index contributed by atoms with van der Waals surface area (Å²) in [7, 11) is 0. The van der Waals surface area contributed by atoms with Crippen LogP contribution in [0.25, 0.3) is 6.08 Å². The highest BCUT2D eigenvalue weighted by Gasteiger charge is 2.25. The number of carbonyl (C=O) groups is 2. The highest BCUT2D eigenvalue weighted by Crippen LogP contribution is 2.29. The lowest BCUT2D eigenvalue weighted by Crippen LogP contribution is -2.35. The van der Waals surface area contributed by atoms with Crippen molar-refractivity contribution in [3.05, 3.63) is 87.9 Å². The molecule has 5 nitrogen and oxygen atoms in total. The Bertz CT molecular complexity index is 1100. The summed E-state index contributed by atoms with van der Waals surface area (Å²) < 4.78 is 0. The van der Waals surface area contributed by atoms with Crippen LogP contribution in [0.1, 0.15) is 51.8 Å². The Kier molecular flexibility index (Phi) is 6.28. The van der Waals surface area contributed by atoms with Crippen LogP contribution in [0.2, 0.25) is 0 Å². The highest BCUT2D eigenvalue weighted by molar-refractivity contribution is 7.15. The van der Waals surface area contributed by atoms with Crippen molar-refractivity contribution in [3.8, 4) is 0 Å². The molecule has 0 saturated heterocycles. The van der Waals surface area contributed by atoms with Gasteiger partial charge >= 0.3 is 0 Å². The van der Waals surface area contributed by atoms with Crippen molar-refractivity contribution in [3.63, 3.8) is 0 Å². The van der Waals surface area contributed by atoms with Crippen LogP contribution in [-0.4, -0.2) is 28.2 Å². The zero-order valence-corrected chi connectivity index (χ0v) is 18.5. The van der Waals surface area contributed by atoms with Crippen LogP contribution in [-0.2, 0) is 17.8 Å². The smallest absolute Gasteiger partial charge is 0.254 e. The Balaban J connectivity index is 1.37. The lowest BCUT2D eigenvalue weighted by molar-refractivity contribution is -0.111. The minimum absolute atomic E-state index is 0.0247. The molecule has 0 fully saturated rings. The summed E-state index contributed by atoms with van der Waals surface area (Å²) >= 11 is 1.44. The van der Waals surface area contributed by atoms with Crippen LogP contribution in [0.15, 0.2) is 60.7 Å². The van der Waals surface area contributed by atoms with Gasteiger partial charge in [-0.05, 0) is 35.3 Å². The molecular formula is C25H25N3O2S. The number of anilines is 1. The van der Waals surface area contributed by atoms with E-state index in [1.54, 1.807) is 6.08 Å². The number of nitrogens with one attached hydrogen (secondary N) is 1. The molecule has 2 aromatic carbocycles. The highest BCUT2D eigenvalue weighted by atomic mass is 32.1. The van der Waals surface area contributed by atoms with E-state index in [-0.39, 0.29) is 11.8 Å². The SMILES string of the molecule is CC(C)c1ccc(/C=C/C(=O)Nc2nc3c(s2)CN(C(=O)c2ccccc2)CC3)cc1. The topological polar surface area (TPSA) is 62.3 Å². The van der Waals surface area contributed by atoms with Gasteiger partial charge in [0.15, 0.2) is 5.13 Å². The summed E-state index contributed by atoms with van der Waals surface area (Å²) in [5, 5.41) is 3.43. The average molecular weight is 432 g/mol. The molecule has 1 aliphatic heterocycles. The van der Waals surface area contributed by atoms with E-state index >= 15 is 0 Å². The molecule has 3 aromatic rings. The Morgan fingerprint density at radius 1 is 1.10 bits per heavy atom. The van der Waals surface area contributed by atoms with Gasteiger partial charge < -0.3 is 4.90 Å². The molecular weight excluding hydrogens is 406 g/mol. The number of carbonyl (C=O) groups excluding carboxylic acids is 2. The molecule has 0 saturated carbocycles. The maximum absolute atomic E-state index is 12.7. The second-order valence-electron chi connectivity index (χ2n) is 7.88. The number of rotatable bonds is 5. The van der Waals surface area contributed by atoms with Crippen LogP contribution < -0.4 is 5.32 Å². The van der Waals surface area contributed by atoms with Gasteiger partial charge in [-0.1, -0.05) is 67.6 Å². The maximum atomic E-state index is 12.7. The van der Waals surface area contributed by atoms with E-state index in [2.05, 4.69) is 36.3 Å². The third-order valence-corrected chi connectivity index (χ3v) is 6.30. The summed E-state index contributed by atoms with van der Waals surface area (Å²) in [5.74, 6) is 0.295. The zero-order valence-electron chi connectivity index (χ0n) is 17.7. The number of nitrogens with zero attached hydrogens (tertiary/aromatic N) is 2. The van der Waals surface area contributed by atoms with Crippen molar-refractivity contribution < 1.29 is 9.59 Å². The minimum Gasteiger partial charge on any atom is -0.333 e. The van der Waals surface area contributed by atoms with Crippen LogP contribution >= 0.6 is 11.3 Å². The van der Waals surface area contributed by atoms with Gasteiger partial charge in [-0.15, -0.1) is 0 Å². The summed E-state index contributed by atoms with van der Waals surface area (Å²) in [6.07, 6.45) is 4.02. The van der Waals surface area contributed by atoms with Gasteiger partial charge in [0.2, 0.25) is 5.91 Å². The molecule has 158 valence electrons. The average Bonchev–Trinajstić information content (AvgIpc) is 3.19. The predicted molar refractivity (Wildman–Crippen MR) is 125 cm³/mol. The van der Waals surface area contributed by atoms with Crippen LogP contribution in [0.4, 0.5) is 5.13 Å². The van der Waals surface area contributed by atoms with Crippen LogP contribution in [0.5, 0.6) is 0 Å². The summed E-state index contributed by atoms with van der Waals surface area (Å²) in [6, 6.07) is 17.5. The molecule has 6 heteroatoms. The molecule has 0 bridgehead atoms. The second kappa shape index (κ2) is 9.27. The van der Waals surface area contributed by atoms with E-state index in [0.717, 1.165) is 16.1 Å². The Morgan fingerprint density at radius 2 is 1.84 bits per heavy atom. The van der Waals surface area contributed by atoms with E-state index < -0.39 is 0 Å². The Hall–Kier alpha value is -3.25. The summed E-state index contributed by atoms with van der Waals surface area (Å²) in [5.41, 5.74) is 3.91. The number of aromatic nitrogens is 1. The third kappa shape index (κ3) is 5.09. The second-order valence-corrected chi connectivity index (χ2v) is 8.96. The van der Waals surface area contributed by atoms with Gasteiger partial charge in [-0.25, -0.2) is 4.98 Å². The van der Waals surface area contributed by atoms with Gasteiger partial charge in [-0.2, -0.15) is 0 Å². The largest absolute Gasteiger partial charge is 0.333 e. The van der Waals surface area contributed by atoms with E-state index in [1.165, 1.54) is 23.0 Å². The first-order valence-corrected chi connectivity index (χ1v) is 11.2. The van der Waals surface area contributed by atoms with Crippen molar-refractivity contribution in [2.24, 2.45) is 0 Å². The molecule has 1 N–H and O–H groups in total. The van der Waals surface area contributed by atoms with Gasteiger partial charge in [0.05, 0.1) is 12.2 Å². The van der Waals surface area contributed by atoms with Gasteiger partial charge in [0.25, 0.3) is 5.91 Å². The normalized spacial score (nSPS) is 13.5. The zero-order chi connectivity index (χ0) is 21.8. The molecule has 31 heavy (non-hydrogen) atoms. The number of benzene rings is 2. The van der Waals surface area contributed by atoms with Crippen molar-refractivity contribution >= 4 is 34.4 Å². The first kappa shape index (κ1) is 21.0. The molecule has 0 unspecified atom stereocenters. The maximum Gasteiger partial charge on any atom is 0.254 e. The van der Waals surface area contributed by atoms with Crippen molar-refractivity contribution in [2.45, 2.75) is 32.7 Å². The Labute approximate surface area is 186 Å². The third-order valence-electron chi connectivity index (χ3n) is 5.30. The molecule has 4 rings (SSSR count). The van der Waals surface area contributed by atoms with E-state index in [1.807, 2.05) is 47.4 Å². The monoisotopic (exact) mass is 431 g/mol. The number of fused-ring (bicyclic) bond motifs is 1. The fraction of sp³-hybridized carbons (Fsp3) is 0.240. The number of amides is 2. The standard InChI is InChI=1S/C25H25N3O2S/c1-17(2)19-11-8-18(9-12-19)10-13-23(29)27-25-26-21-14-15-28(16-22(21)31-25)24(30)20-6-4-3-5-7-20/h3-13,17H,14-16H2,1-2H3,(H,26,27,29)/b13-10+. The van der Waals surface area contributed by atoms with Crippen molar-refractivity contribution in [2.75, 3.05) is 11.9 Å². The molecule has 1 aliphatic rings. The first-order chi connectivity index (χ1) is 15.0. The van der Waals surface area contributed by atoms with Gasteiger partial charge in [-0.3, -0.25) is 14.9 Å². The molecule has 2 heterocycles. The lowest BCUT2D eigenvalue weighted by atomic mass is 10.0. The van der Waals surface area contributed by atoms with Gasteiger partial charge in [0, 0.05) is 29.5 Å². The quantitative estimate of drug-likeness (QED) is 0.571. The molecule has 0 atom stereocenters. The molecule has 0 spiro atoms. The molecule has 0 radical (unpaired) electrons. The Morgan fingerprint density at radius 3 is 2.55 bits per heavy atom. The van der Waals surface area contributed by atoms with Crippen LogP contribution in [0.3, 0.4) is 0 Å². The van der Waals surface area contributed by atoms with Crippen LogP contribution in [0, 0.1) is 0 Å². The molecule has 1 aromatic heterocycles. The predicted octanol–water partition coefficient (Wildman–Crippen LogP) is 5.12. The fourth-order valence-electron chi connectivity index (χ4n) is 3.50.